The molecule has 5 atom stereocenters. The van der Waals surface area contributed by atoms with Crippen LogP contribution in [0.25, 0.3) is 0 Å². The van der Waals surface area contributed by atoms with E-state index < -0.39 is 36.7 Å². The van der Waals surface area contributed by atoms with Crippen molar-refractivity contribution in [3.05, 3.63) is 0 Å². The van der Waals surface area contributed by atoms with Gasteiger partial charge in [0.25, 0.3) is 0 Å². The summed E-state index contributed by atoms with van der Waals surface area (Å²) >= 11 is 0. The Morgan fingerprint density at radius 3 is 1.86 bits per heavy atom. The maximum absolute atomic E-state index is 9.21. The molecule has 0 bridgehead atoms. The van der Waals surface area contributed by atoms with Crippen LogP contribution in [0.15, 0.2) is 0 Å². The molecule has 0 aromatic rings. The minimum Gasteiger partial charge on any atom is -0.394 e. The second-order valence-corrected chi connectivity index (χ2v) is 3.40. The molecule has 14 heavy (non-hydrogen) atoms. The van der Waals surface area contributed by atoms with E-state index in [1.54, 1.807) is 0 Å². The predicted octanol–water partition coefficient (Wildman–Crippen LogP) is -3.91. The van der Waals surface area contributed by atoms with Gasteiger partial charge in [-0.2, -0.15) is 0 Å². The highest BCUT2D eigenvalue weighted by Crippen LogP contribution is 2.12. The van der Waals surface area contributed by atoms with Gasteiger partial charge in [0, 0.05) is 0 Å². The summed E-state index contributed by atoms with van der Waals surface area (Å²) in [5, 5.41) is 54.0. The Labute approximate surface area is 81.0 Å². The quantitative estimate of drug-likeness (QED) is 0.230. The van der Waals surface area contributed by atoms with Gasteiger partial charge in [-0.15, -0.1) is 0 Å². The molecule has 0 aromatic carbocycles. The van der Waals surface area contributed by atoms with Crippen LogP contribution in [0.3, 0.4) is 0 Å². The van der Waals surface area contributed by atoms with Crippen LogP contribution >= 0.6 is 0 Å². The van der Waals surface area contributed by atoms with E-state index in [1.807, 2.05) is 0 Å². The Hall–Kier alpha value is -0.280. The lowest BCUT2D eigenvalue weighted by atomic mass is 9.97. The fourth-order valence-electron chi connectivity index (χ4n) is 0.868. The van der Waals surface area contributed by atoms with Gasteiger partial charge in [-0.05, 0) is 6.92 Å². The molecule has 8 N–H and O–H groups in total. The van der Waals surface area contributed by atoms with E-state index in [1.165, 1.54) is 0 Å². The molecule has 1 unspecified atom stereocenters. The average molecular weight is 211 g/mol. The third kappa shape index (κ3) is 3.46. The SMILES string of the molecule is CC(N)(O)[C@H](O)[C@@H](O)[C@H](O)[C@H](O)CO. The molecule has 0 radical (unpaired) electrons. The van der Waals surface area contributed by atoms with Crippen LogP contribution < -0.4 is 5.73 Å². The zero-order chi connectivity index (χ0) is 11.5. The lowest BCUT2D eigenvalue weighted by Crippen LogP contribution is -2.58. The van der Waals surface area contributed by atoms with Crippen molar-refractivity contribution in [3.8, 4) is 0 Å². The molecule has 86 valence electrons. The molecule has 0 fully saturated rings. The van der Waals surface area contributed by atoms with E-state index in [4.69, 9.17) is 26.2 Å². The van der Waals surface area contributed by atoms with Crippen LogP contribution in [0.5, 0.6) is 0 Å². The van der Waals surface area contributed by atoms with E-state index in [0.717, 1.165) is 6.92 Å². The molecule has 0 aliphatic heterocycles. The van der Waals surface area contributed by atoms with Gasteiger partial charge in [-0.3, -0.25) is 0 Å². The van der Waals surface area contributed by atoms with Crippen LogP contribution in [0.2, 0.25) is 0 Å². The van der Waals surface area contributed by atoms with Gasteiger partial charge in [-0.25, -0.2) is 0 Å². The first kappa shape index (κ1) is 13.7. The molecular weight excluding hydrogens is 194 g/mol. The Balaban J connectivity index is 4.38. The molecule has 0 saturated carbocycles. The topological polar surface area (TPSA) is 147 Å². The van der Waals surface area contributed by atoms with Gasteiger partial charge in [0.2, 0.25) is 0 Å². The summed E-state index contributed by atoms with van der Waals surface area (Å²) in [6.45, 7) is 0.247. The lowest BCUT2D eigenvalue weighted by Gasteiger charge is -2.32. The average Bonchev–Trinajstić information content (AvgIpc) is 2.11. The third-order valence-corrected chi connectivity index (χ3v) is 1.85. The van der Waals surface area contributed by atoms with Crippen molar-refractivity contribution < 1.29 is 30.6 Å². The highest BCUT2D eigenvalue weighted by Gasteiger charge is 2.38. The number of hydrogen-bond acceptors (Lipinski definition) is 7. The van der Waals surface area contributed by atoms with Crippen molar-refractivity contribution >= 4 is 0 Å². The number of aliphatic hydroxyl groups excluding tert-OH is 5. The molecular formula is C7H17NO6. The molecule has 0 aromatic heterocycles. The highest BCUT2D eigenvalue weighted by molar-refractivity contribution is 4.88. The zero-order valence-electron chi connectivity index (χ0n) is 7.78. The monoisotopic (exact) mass is 211 g/mol. The van der Waals surface area contributed by atoms with Gasteiger partial charge in [0.1, 0.15) is 30.1 Å². The lowest BCUT2D eigenvalue weighted by molar-refractivity contribution is -0.165. The van der Waals surface area contributed by atoms with E-state index in [-0.39, 0.29) is 0 Å². The smallest absolute Gasteiger partial charge is 0.139 e. The molecule has 0 rings (SSSR count). The number of aliphatic hydroxyl groups is 6. The Morgan fingerprint density at radius 1 is 1.14 bits per heavy atom. The van der Waals surface area contributed by atoms with Crippen LogP contribution in [-0.4, -0.2) is 67.4 Å². The standard InChI is InChI=1S/C7H17NO6/c1-7(8,14)6(13)5(12)4(11)3(10)2-9/h3-6,9-14H,2,8H2,1H3/t3-,4-,5+,6-,7?/m1/s1. The maximum Gasteiger partial charge on any atom is 0.139 e. The third-order valence-electron chi connectivity index (χ3n) is 1.85. The molecule has 7 nitrogen and oxygen atoms in total. The van der Waals surface area contributed by atoms with Crippen molar-refractivity contribution in [1.82, 2.24) is 0 Å². The van der Waals surface area contributed by atoms with E-state index >= 15 is 0 Å². The van der Waals surface area contributed by atoms with Crippen molar-refractivity contribution in [1.29, 1.82) is 0 Å². The minimum atomic E-state index is -2.10. The Bertz CT molecular complexity index is 170. The molecule has 0 amide bonds. The van der Waals surface area contributed by atoms with Gasteiger partial charge < -0.3 is 36.4 Å². The molecule has 0 aliphatic rings. The van der Waals surface area contributed by atoms with Gasteiger partial charge in [-0.1, -0.05) is 0 Å². The summed E-state index contributed by atoms with van der Waals surface area (Å²) in [4.78, 5) is 0. The van der Waals surface area contributed by atoms with Gasteiger partial charge in [0.05, 0.1) is 6.61 Å². The summed E-state index contributed by atoms with van der Waals surface area (Å²) in [5.74, 6) is 0. The fourth-order valence-corrected chi connectivity index (χ4v) is 0.868. The normalized spacial score (nSPS) is 24.9. The largest absolute Gasteiger partial charge is 0.394 e. The first-order valence-electron chi connectivity index (χ1n) is 4.06. The second-order valence-electron chi connectivity index (χ2n) is 3.40. The van der Waals surface area contributed by atoms with Gasteiger partial charge in [0.15, 0.2) is 0 Å². The van der Waals surface area contributed by atoms with E-state index in [0.29, 0.717) is 0 Å². The van der Waals surface area contributed by atoms with Crippen LogP contribution in [0, 0.1) is 0 Å². The van der Waals surface area contributed by atoms with E-state index in [9.17, 15) is 10.2 Å². The summed E-state index contributed by atoms with van der Waals surface area (Å²) < 4.78 is 0. The molecule has 0 heterocycles. The van der Waals surface area contributed by atoms with Crippen molar-refractivity contribution in [2.24, 2.45) is 5.73 Å². The summed E-state index contributed by atoms with van der Waals surface area (Å²) in [7, 11) is 0. The Morgan fingerprint density at radius 2 is 1.57 bits per heavy atom. The first-order valence-corrected chi connectivity index (χ1v) is 4.06. The molecule has 0 aliphatic carbocycles. The molecule has 0 spiro atoms. The number of rotatable bonds is 5. The zero-order valence-corrected chi connectivity index (χ0v) is 7.78. The van der Waals surface area contributed by atoms with Crippen molar-refractivity contribution in [2.75, 3.05) is 6.61 Å². The fraction of sp³-hybridized carbons (Fsp3) is 1.00. The summed E-state index contributed by atoms with van der Waals surface area (Å²) in [5.41, 5.74) is 2.95. The predicted molar refractivity (Wildman–Crippen MR) is 45.9 cm³/mol. The Kier molecular flexibility index (Phi) is 4.89. The number of nitrogens with two attached hydrogens (primary N) is 1. The van der Waals surface area contributed by atoms with Gasteiger partial charge >= 0.3 is 0 Å². The van der Waals surface area contributed by atoms with Crippen molar-refractivity contribution in [2.45, 2.75) is 37.1 Å². The van der Waals surface area contributed by atoms with Crippen LogP contribution in [-0.2, 0) is 0 Å². The second kappa shape index (κ2) is 4.99. The summed E-state index contributed by atoms with van der Waals surface area (Å²) in [6, 6.07) is 0. The summed E-state index contributed by atoms with van der Waals surface area (Å²) in [6.07, 6.45) is -7.08. The first-order chi connectivity index (χ1) is 6.21. The van der Waals surface area contributed by atoms with Crippen LogP contribution in [0.4, 0.5) is 0 Å². The van der Waals surface area contributed by atoms with Crippen LogP contribution in [0.1, 0.15) is 6.92 Å². The molecule has 7 heteroatoms. The minimum absolute atomic E-state index is 0.780. The molecule has 0 saturated heterocycles. The van der Waals surface area contributed by atoms with Crippen molar-refractivity contribution in [3.63, 3.8) is 0 Å². The van der Waals surface area contributed by atoms with E-state index in [2.05, 4.69) is 0 Å². The number of hydrogen-bond donors (Lipinski definition) is 7. The highest BCUT2D eigenvalue weighted by atomic mass is 16.4. The maximum atomic E-state index is 9.21.